The van der Waals surface area contributed by atoms with Gasteiger partial charge in [-0.1, -0.05) is 53.1 Å². The molecular formula is C31H29NO8S3. The molecule has 0 atom stereocenters. The van der Waals surface area contributed by atoms with Crippen LogP contribution in [0.2, 0.25) is 0 Å². The van der Waals surface area contributed by atoms with Gasteiger partial charge in [-0.2, -0.15) is 16.8 Å². The zero-order valence-corrected chi connectivity index (χ0v) is 26.0. The van der Waals surface area contributed by atoms with E-state index in [1.165, 1.54) is 54.6 Å². The van der Waals surface area contributed by atoms with Crippen LogP contribution >= 0.6 is 0 Å². The van der Waals surface area contributed by atoms with E-state index in [1.807, 2.05) is 20.8 Å². The van der Waals surface area contributed by atoms with Crippen LogP contribution in [0, 0.1) is 20.8 Å². The molecule has 0 saturated carbocycles. The van der Waals surface area contributed by atoms with Gasteiger partial charge >= 0.3 is 10.1 Å². The molecule has 0 aliphatic heterocycles. The number of rotatable bonds is 10. The highest BCUT2D eigenvalue weighted by Crippen LogP contribution is 2.34. The molecule has 224 valence electrons. The summed E-state index contributed by atoms with van der Waals surface area (Å²) in [5.41, 5.74) is 3.26. The molecule has 0 saturated heterocycles. The molecule has 0 spiro atoms. The molecule has 0 aliphatic rings. The predicted molar refractivity (Wildman–Crippen MR) is 162 cm³/mol. The Balaban J connectivity index is 1.53. The molecule has 1 N–H and O–H groups in total. The summed E-state index contributed by atoms with van der Waals surface area (Å²) in [6.07, 6.45) is -0.125. The highest BCUT2D eigenvalue weighted by atomic mass is 32.2. The molecule has 5 rings (SSSR count). The van der Waals surface area contributed by atoms with Gasteiger partial charge in [-0.05, 0) is 80.9 Å². The number of H-pyrrole nitrogens is 1. The first-order valence-electron chi connectivity index (χ1n) is 13.2. The Labute approximate surface area is 251 Å². The molecule has 12 heteroatoms. The van der Waals surface area contributed by atoms with Crippen LogP contribution in [0.15, 0.2) is 111 Å². The molecule has 4 aromatic carbocycles. The SMILES string of the molecule is Cc1ccc(S(=O)(=O)OCCc2c(S(=O)(=O)c3ccc(C)cc3)[nH]c3ccc(OS(=O)(=O)c4ccc(C)cc4)cc23)cc1. The van der Waals surface area contributed by atoms with Crippen LogP contribution in [-0.4, -0.2) is 36.8 Å². The number of hydrogen-bond acceptors (Lipinski definition) is 8. The van der Waals surface area contributed by atoms with Gasteiger partial charge in [0, 0.05) is 17.3 Å². The summed E-state index contributed by atoms with van der Waals surface area (Å²) in [5.74, 6) is -0.0409. The van der Waals surface area contributed by atoms with Crippen LogP contribution in [0.5, 0.6) is 5.75 Å². The zero-order chi connectivity index (χ0) is 31.0. The summed E-state index contributed by atoms with van der Waals surface area (Å²) in [4.78, 5) is 2.91. The largest absolute Gasteiger partial charge is 0.379 e. The van der Waals surface area contributed by atoms with Crippen LogP contribution in [0.4, 0.5) is 0 Å². The molecule has 1 aromatic heterocycles. The Morgan fingerprint density at radius 2 is 1.09 bits per heavy atom. The van der Waals surface area contributed by atoms with Crippen molar-refractivity contribution in [3.63, 3.8) is 0 Å². The molecule has 0 radical (unpaired) electrons. The van der Waals surface area contributed by atoms with Crippen molar-refractivity contribution in [3.05, 3.63) is 113 Å². The molecule has 43 heavy (non-hydrogen) atoms. The fraction of sp³-hybridized carbons (Fsp3) is 0.161. The number of fused-ring (bicyclic) bond motifs is 1. The second-order valence-electron chi connectivity index (χ2n) is 10.1. The maximum Gasteiger partial charge on any atom is 0.339 e. The van der Waals surface area contributed by atoms with Crippen molar-refractivity contribution in [3.8, 4) is 5.75 Å². The normalized spacial score (nSPS) is 12.4. The minimum absolute atomic E-state index is 0.0264. The molecular weight excluding hydrogens is 611 g/mol. The molecule has 5 aromatic rings. The smallest absolute Gasteiger partial charge is 0.339 e. The second-order valence-corrected chi connectivity index (χ2v) is 15.2. The summed E-state index contributed by atoms with van der Waals surface area (Å²) in [5, 5.41) is 0.194. The van der Waals surface area contributed by atoms with E-state index in [9.17, 15) is 25.3 Å². The Kier molecular flexibility index (Phi) is 8.23. The van der Waals surface area contributed by atoms with Crippen LogP contribution in [0.25, 0.3) is 10.9 Å². The van der Waals surface area contributed by atoms with Crippen LogP contribution in [0.3, 0.4) is 0 Å². The fourth-order valence-electron chi connectivity index (χ4n) is 4.47. The lowest BCUT2D eigenvalue weighted by Gasteiger charge is -2.10. The van der Waals surface area contributed by atoms with E-state index in [2.05, 4.69) is 4.98 Å². The quantitative estimate of drug-likeness (QED) is 0.194. The van der Waals surface area contributed by atoms with E-state index in [1.54, 1.807) is 36.4 Å². The summed E-state index contributed by atoms with van der Waals surface area (Å²) >= 11 is 0. The van der Waals surface area contributed by atoms with Crippen molar-refractivity contribution in [2.45, 2.75) is 46.9 Å². The number of aromatic nitrogens is 1. The Morgan fingerprint density at radius 3 is 1.63 bits per heavy atom. The first-order valence-corrected chi connectivity index (χ1v) is 17.5. The highest BCUT2D eigenvalue weighted by Gasteiger charge is 2.27. The van der Waals surface area contributed by atoms with Crippen LogP contribution < -0.4 is 4.18 Å². The first-order chi connectivity index (χ1) is 20.3. The predicted octanol–water partition coefficient (Wildman–Crippen LogP) is 5.64. The van der Waals surface area contributed by atoms with Crippen molar-refractivity contribution in [1.82, 2.24) is 4.98 Å². The van der Waals surface area contributed by atoms with Crippen LogP contribution in [0.1, 0.15) is 22.3 Å². The maximum absolute atomic E-state index is 13.8. The highest BCUT2D eigenvalue weighted by molar-refractivity contribution is 7.91. The number of benzene rings is 4. The van der Waals surface area contributed by atoms with Crippen LogP contribution in [-0.2, 0) is 40.7 Å². The van der Waals surface area contributed by atoms with Gasteiger partial charge in [0.05, 0.1) is 16.4 Å². The molecule has 1 heterocycles. The standard InChI is InChI=1S/C31H29NO8S3/c1-21-4-11-25(12-5-21)41(33,34)31-28(18-19-39-42(35,36)26-13-6-22(2)7-14-26)29-20-24(10-17-30(29)32-31)40-43(37,38)27-15-8-23(3)9-16-27/h4-17,20,32H,18-19H2,1-3H3. The molecule has 0 unspecified atom stereocenters. The van der Waals surface area contributed by atoms with E-state index in [0.717, 1.165) is 16.7 Å². The topological polar surface area (TPSA) is 137 Å². The van der Waals surface area contributed by atoms with Crippen molar-refractivity contribution < 1.29 is 33.6 Å². The summed E-state index contributed by atoms with van der Waals surface area (Å²) in [6.45, 7) is 5.12. The van der Waals surface area contributed by atoms with E-state index >= 15 is 0 Å². The molecule has 0 amide bonds. The number of aromatic amines is 1. The lowest BCUT2D eigenvalue weighted by molar-refractivity contribution is 0.321. The molecule has 9 nitrogen and oxygen atoms in total. The van der Waals surface area contributed by atoms with Gasteiger partial charge in [-0.3, -0.25) is 4.18 Å². The molecule has 0 fully saturated rings. The third-order valence-electron chi connectivity index (χ3n) is 6.85. The van der Waals surface area contributed by atoms with Gasteiger partial charge in [-0.15, -0.1) is 0 Å². The van der Waals surface area contributed by atoms with Crippen molar-refractivity contribution >= 4 is 41.0 Å². The second kappa shape index (κ2) is 11.6. The number of sulfone groups is 1. The van der Waals surface area contributed by atoms with Crippen molar-refractivity contribution in [1.29, 1.82) is 0 Å². The zero-order valence-electron chi connectivity index (χ0n) is 23.6. The van der Waals surface area contributed by atoms with Crippen molar-refractivity contribution in [2.75, 3.05) is 6.61 Å². The monoisotopic (exact) mass is 639 g/mol. The van der Waals surface area contributed by atoms with E-state index in [-0.39, 0.29) is 44.1 Å². The Bertz CT molecular complexity index is 2120. The van der Waals surface area contributed by atoms with E-state index < -0.39 is 30.1 Å². The third-order valence-corrected chi connectivity index (χ3v) is 11.2. The van der Waals surface area contributed by atoms with Gasteiger partial charge in [-0.25, -0.2) is 8.42 Å². The van der Waals surface area contributed by atoms with Gasteiger partial charge in [0.2, 0.25) is 9.84 Å². The first kappa shape index (κ1) is 30.5. The lowest BCUT2D eigenvalue weighted by atomic mass is 10.1. The average Bonchev–Trinajstić information content (AvgIpc) is 3.32. The van der Waals surface area contributed by atoms with Crippen molar-refractivity contribution in [2.24, 2.45) is 0 Å². The Hall–Kier alpha value is -3.97. The summed E-state index contributed by atoms with van der Waals surface area (Å²) in [6, 6.07) is 23.0. The minimum atomic E-state index is -4.18. The Morgan fingerprint density at radius 1 is 0.605 bits per heavy atom. The van der Waals surface area contributed by atoms with E-state index in [4.69, 9.17) is 8.37 Å². The third kappa shape index (κ3) is 6.52. The van der Waals surface area contributed by atoms with Gasteiger partial charge in [0.15, 0.2) is 0 Å². The summed E-state index contributed by atoms with van der Waals surface area (Å²) < 4.78 is 89.7. The summed E-state index contributed by atoms with van der Waals surface area (Å²) in [7, 11) is -12.4. The number of aryl methyl sites for hydroxylation is 3. The fourth-order valence-corrected chi connectivity index (χ4v) is 7.81. The average molecular weight is 640 g/mol. The van der Waals surface area contributed by atoms with E-state index in [0.29, 0.717) is 10.9 Å². The molecule has 0 aliphatic carbocycles. The maximum atomic E-state index is 13.8. The number of hydrogen-bond donors (Lipinski definition) is 1. The minimum Gasteiger partial charge on any atom is -0.379 e. The van der Waals surface area contributed by atoms with Gasteiger partial charge in [0.1, 0.15) is 15.7 Å². The lowest BCUT2D eigenvalue weighted by Crippen LogP contribution is -2.11. The number of nitrogens with one attached hydrogen (secondary N) is 1. The molecule has 0 bridgehead atoms. The van der Waals surface area contributed by atoms with Gasteiger partial charge < -0.3 is 9.17 Å². The van der Waals surface area contributed by atoms with Gasteiger partial charge in [0.25, 0.3) is 10.1 Å².